The number of aliphatic hydroxyl groups is 1. The molecule has 0 aliphatic rings. The van der Waals surface area contributed by atoms with Gasteiger partial charge in [-0.1, -0.05) is 23.2 Å². The summed E-state index contributed by atoms with van der Waals surface area (Å²) in [5.41, 5.74) is 0.325. The van der Waals surface area contributed by atoms with Crippen LogP contribution < -0.4 is 5.32 Å². The number of pyridine rings is 1. The van der Waals surface area contributed by atoms with Gasteiger partial charge in [-0.15, -0.1) is 0 Å². The maximum absolute atomic E-state index is 11.7. The molecule has 5 nitrogen and oxygen atoms in total. The molecular weight excluding hydrogens is 279 g/mol. The number of halogens is 2. The highest BCUT2D eigenvalue weighted by molar-refractivity contribution is 6.41. The normalized spacial score (nSPS) is 12.2. The molecule has 18 heavy (non-hydrogen) atoms. The number of aliphatic hydroxyl groups excluding tert-OH is 1. The van der Waals surface area contributed by atoms with Crippen LogP contribution in [-0.4, -0.2) is 42.4 Å². The van der Waals surface area contributed by atoms with E-state index in [2.05, 4.69) is 10.3 Å². The van der Waals surface area contributed by atoms with E-state index in [1.165, 1.54) is 19.4 Å². The van der Waals surface area contributed by atoms with Crippen molar-refractivity contribution in [2.45, 2.75) is 12.5 Å². The molecule has 0 saturated heterocycles. The maximum Gasteiger partial charge on any atom is 0.252 e. The molecule has 7 heteroatoms. The lowest BCUT2D eigenvalue weighted by Gasteiger charge is -2.10. The number of nitrogens with one attached hydrogen (secondary N) is 1. The fraction of sp³-hybridized carbons (Fsp3) is 0.455. The number of rotatable bonds is 6. The van der Waals surface area contributed by atoms with Crippen LogP contribution in [0.5, 0.6) is 0 Å². The van der Waals surface area contributed by atoms with Crippen LogP contribution >= 0.6 is 23.2 Å². The summed E-state index contributed by atoms with van der Waals surface area (Å²) < 4.78 is 4.77. The topological polar surface area (TPSA) is 71.5 Å². The standard InChI is InChI=1S/C11H14Cl2N2O3/c1-18-6-8(16)2-3-14-11(17)7-4-9(12)10(13)15-5-7/h4-5,8,16H,2-3,6H2,1H3,(H,14,17). The average molecular weight is 293 g/mol. The molecule has 1 amide bonds. The van der Waals surface area contributed by atoms with E-state index < -0.39 is 6.10 Å². The molecule has 0 spiro atoms. The van der Waals surface area contributed by atoms with Crippen LogP contribution in [0.2, 0.25) is 10.2 Å². The number of nitrogens with zero attached hydrogens (tertiary/aromatic N) is 1. The first-order chi connectivity index (χ1) is 8.54. The first-order valence-electron chi connectivity index (χ1n) is 5.31. The van der Waals surface area contributed by atoms with Crippen molar-refractivity contribution in [1.82, 2.24) is 10.3 Å². The Labute approximate surface area is 115 Å². The van der Waals surface area contributed by atoms with E-state index in [0.29, 0.717) is 18.5 Å². The summed E-state index contributed by atoms with van der Waals surface area (Å²) in [6, 6.07) is 1.44. The predicted molar refractivity (Wildman–Crippen MR) is 69.1 cm³/mol. The number of aromatic nitrogens is 1. The van der Waals surface area contributed by atoms with E-state index >= 15 is 0 Å². The Balaban J connectivity index is 2.43. The second kappa shape index (κ2) is 7.53. The lowest BCUT2D eigenvalue weighted by atomic mass is 10.2. The second-order valence-corrected chi connectivity index (χ2v) is 4.42. The van der Waals surface area contributed by atoms with Gasteiger partial charge in [0.25, 0.3) is 5.91 Å². The van der Waals surface area contributed by atoms with Crippen LogP contribution in [0.15, 0.2) is 12.3 Å². The van der Waals surface area contributed by atoms with E-state index in [-0.39, 0.29) is 22.7 Å². The van der Waals surface area contributed by atoms with Crippen molar-refractivity contribution >= 4 is 29.1 Å². The van der Waals surface area contributed by atoms with Gasteiger partial charge in [-0.25, -0.2) is 4.98 Å². The molecule has 0 aliphatic carbocycles. The maximum atomic E-state index is 11.7. The molecule has 1 aromatic heterocycles. The molecule has 1 heterocycles. The second-order valence-electron chi connectivity index (χ2n) is 3.65. The molecule has 1 aromatic rings. The summed E-state index contributed by atoms with van der Waals surface area (Å²) in [5.74, 6) is -0.314. The zero-order valence-corrected chi connectivity index (χ0v) is 11.3. The van der Waals surface area contributed by atoms with Crippen molar-refractivity contribution in [2.75, 3.05) is 20.3 Å². The van der Waals surface area contributed by atoms with Gasteiger partial charge in [0.15, 0.2) is 0 Å². The first kappa shape index (κ1) is 15.2. The third-order valence-electron chi connectivity index (χ3n) is 2.18. The Kier molecular flexibility index (Phi) is 6.35. The fourth-order valence-electron chi connectivity index (χ4n) is 1.28. The Bertz CT molecular complexity index is 415. The van der Waals surface area contributed by atoms with E-state index in [4.69, 9.17) is 27.9 Å². The van der Waals surface area contributed by atoms with Crippen molar-refractivity contribution in [3.05, 3.63) is 28.0 Å². The van der Waals surface area contributed by atoms with Gasteiger partial charge in [-0.2, -0.15) is 0 Å². The average Bonchev–Trinajstić information content (AvgIpc) is 2.33. The van der Waals surface area contributed by atoms with Crippen LogP contribution in [0.3, 0.4) is 0 Å². The number of hydrogen-bond donors (Lipinski definition) is 2. The molecule has 2 N–H and O–H groups in total. The van der Waals surface area contributed by atoms with Crippen molar-refractivity contribution in [3.8, 4) is 0 Å². The number of methoxy groups -OCH3 is 1. The molecule has 1 unspecified atom stereocenters. The molecule has 0 fully saturated rings. The molecular formula is C11H14Cl2N2O3. The van der Waals surface area contributed by atoms with Crippen LogP contribution in [0.25, 0.3) is 0 Å². The minimum Gasteiger partial charge on any atom is -0.391 e. The zero-order valence-electron chi connectivity index (χ0n) is 9.82. The minimum atomic E-state index is -0.595. The Morgan fingerprint density at radius 1 is 1.61 bits per heavy atom. The van der Waals surface area contributed by atoms with E-state index in [9.17, 15) is 9.90 Å². The van der Waals surface area contributed by atoms with Gasteiger partial charge in [0.2, 0.25) is 0 Å². The molecule has 1 atom stereocenters. The van der Waals surface area contributed by atoms with E-state index in [1.807, 2.05) is 0 Å². The summed E-state index contributed by atoms with van der Waals surface area (Å²) in [7, 11) is 1.50. The summed E-state index contributed by atoms with van der Waals surface area (Å²) in [6.07, 6.45) is 1.16. The Hall–Kier alpha value is -0.880. The highest BCUT2D eigenvalue weighted by Crippen LogP contribution is 2.19. The van der Waals surface area contributed by atoms with Crippen LogP contribution in [0.1, 0.15) is 16.8 Å². The number of amides is 1. The number of carbonyl (C=O) groups excluding carboxylic acids is 1. The minimum absolute atomic E-state index is 0.156. The van der Waals surface area contributed by atoms with Crippen molar-refractivity contribution in [1.29, 1.82) is 0 Å². The van der Waals surface area contributed by atoms with Crippen LogP contribution in [0.4, 0.5) is 0 Å². The monoisotopic (exact) mass is 292 g/mol. The van der Waals surface area contributed by atoms with E-state index in [1.54, 1.807) is 0 Å². The highest BCUT2D eigenvalue weighted by Gasteiger charge is 2.09. The van der Waals surface area contributed by atoms with Gasteiger partial charge in [0.05, 0.1) is 23.3 Å². The third-order valence-corrected chi connectivity index (χ3v) is 2.87. The molecule has 0 aromatic carbocycles. The largest absolute Gasteiger partial charge is 0.391 e. The quantitative estimate of drug-likeness (QED) is 0.780. The lowest BCUT2D eigenvalue weighted by Crippen LogP contribution is -2.28. The van der Waals surface area contributed by atoms with Gasteiger partial charge in [0, 0.05) is 19.9 Å². The molecule has 0 aliphatic heterocycles. The van der Waals surface area contributed by atoms with Gasteiger partial charge in [0.1, 0.15) is 5.15 Å². The van der Waals surface area contributed by atoms with Crippen molar-refractivity contribution < 1.29 is 14.6 Å². The SMILES string of the molecule is COCC(O)CCNC(=O)c1cnc(Cl)c(Cl)c1. The summed E-state index contributed by atoms with van der Waals surface area (Å²) >= 11 is 11.4. The summed E-state index contributed by atoms with van der Waals surface area (Å²) in [5, 5.41) is 12.4. The van der Waals surface area contributed by atoms with Crippen LogP contribution in [-0.2, 0) is 4.74 Å². The molecule has 0 radical (unpaired) electrons. The number of hydrogen-bond acceptors (Lipinski definition) is 4. The van der Waals surface area contributed by atoms with Crippen molar-refractivity contribution in [2.24, 2.45) is 0 Å². The van der Waals surface area contributed by atoms with Gasteiger partial charge in [-0.3, -0.25) is 4.79 Å². The molecule has 1 rings (SSSR count). The van der Waals surface area contributed by atoms with Gasteiger partial charge < -0.3 is 15.2 Å². The van der Waals surface area contributed by atoms with Crippen LogP contribution in [0, 0.1) is 0 Å². The van der Waals surface area contributed by atoms with Gasteiger partial charge >= 0.3 is 0 Å². The lowest BCUT2D eigenvalue weighted by molar-refractivity contribution is 0.0587. The smallest absolute Gasteiger partial charge is 0.252 e. The fourth-order valence-corrected chi connectivity index (χ4v) is 1.55. The summed E-state index contributed by atoms with van der Waals surface area (Å²) in [6.45, 7) is 0.577. The number of carbonyl (C=O) groups is 1. The molecule has 100 valence electrons. The summed E-state index contributed by atoms with van der Waals surface area (Å²) in [4.78, 5) is 15.5. The zero-order chi connectivity index (χ0) is 13.5. The van der Waals surface area contributed by atoms with E-state index in [0.717, 1.165) is 0 Å². The highest BCUT2D eigenvalue weighted by atomic mass is 35.5. The Morgan fingerprint density at radius 3 is 2.94 bits per heavy atom. The first-order valence-corrected chi connectivity index (χ1v) is 6.06. The molecule has 0 saturated carbocycles. The van der Waals surface area contributed by atoms with Gasteiger partial charge in [-0.05, 0) is 12.5 Å². The third kappa shape index (κ3) is 4.78. The van der Waals surface area contributed by atoms with Crippen molar-refractivity contribution in [3.63, 3.8) is 0 Å². The number of ether oxygens (including phenoxy) is 1. The predicted octanol–water partition coefficient (Wildman–Crippen LogP) is 1.52. The Morgan fingerprint density at radius 2 is 2.33 bits per heavy atom. The molecule has 0 bridgehead atoms.